The van der Waals surface area contributed by atoms with Crippen molar-refractivity contribution in [1.82, 2.24) is 24.6 Å². The minimum absolute atomic E-state index is 0.416. The quantitative estimate of drug-likeness (QED) is 0.655. The Morgan fingerprint density at radius 3 is 2.75 bits per heavy atom. The fourth-order valence-electron chi connectivity index (χ4n) is 4.04. The van der Waals surface area contributed by atoms with Crippen LogP contribution in [-0.2, 0) is 13.2 Å². The van der Waals surface area contributed by atoms with E-state index in [1.54, 1.807) is 12.5 Å². The Morgan fingerprint density at radius 1 is 1.18 bits per heavy atom. The molecule has 0 spiro atoms. The standard InChI is InChI=1S/C22H27N5O/c1-17-10-19(11-18(2)22(17)28-14-20-6-3-4-8-24-20)12-26-9-5-7-21(13-26)27-16-23-15-25-27/h3-4,6,8,10-11,15-16,21H,5,7,9,12-14H2,1-2H3. The number of hydrogen-bond acceptors (Lipinski definition) is 5. The topological polar surface area (TPSA) is 56.1 Å². The van der Waals surface area contributed by atoms with Gasteiger partial charge in [-0.15, -0.1) is 0 Å². The van der Waals surface area contributed by atoms with Crippen molar-refractivity contribution in [3.05, 3.63) is 71.6 Å². The number of aryl methyl sites for hydroxylation is 2. The zero-order valence-electron chi connectivity index (χ0n) is 16.6. The van der Waals surface area contributed by atoms with Crippen molar-refractivity contribution in [3.8, 4) is 5.75 Å². The molecule has 0 N–H and O–H groups in total. The number of pyridine rings is 1. The summed E-state index contributed by atoms with van der Waals surface area (Å²) in [6.07, 6.45) is 7.60. The summed E-state index contributed by atoms with van der Waals surface area (Å²) in [6, 6.07) is 10.8. The second-order valence-corrected chi connectivity index (χ2v) is 7.58. The van der Waals surface area contributed by atoms with E-state index in [-0.39, 0.29) is 0 Å². The first-order chi connectivity index (χ1) is 13.7. The summed E-state index contributed by atoms with van der Waals surface area (Å²) in [6.45, 7) is 7.83. The van der Waals surface area contributed by atoms with Gasteiger partial charge in [0.25, 0.3) is 0 Å². The summed E-state index contributed by atoms with van der Waals surface area (Å²) < 4.78 is 8.07. The third kappa shape index (κ3) is 4.39. The fraction of sp³-hybridized carbons (Fsp3) is 0.409. The van der Waals surface area contributed by atoms with Crippen LogP contribution in [0.15, 0.2) is 49.2 Å². The summed E-state index contributed by atoms with van der Waals surface area (Å²) in [5.74, 6) is 0.966. The van der Waals surface area contributed by atoms with Gasteiger partial charge in [0.15, 0.2) is 0 Å². The summed E-state index contributed by atoms with van der Waals surface area (Å²) in [4.78, 5) is 10.9. The number of hydrogen-bond donors (Lipinski definition) is 0. The highest BCUT2D eigenvalue weighted by Crippen LogP contribution is 2.28. The van der Waals surface area contributed by atoms with Crippen LogP contribution in [0.5, 0.6) is 5.75 Å². The Balaban J connectivity index is 1.41. The number of ether oxygens (including phenoxy) is 1. The van der Waals surface area contributed by atoms with Gasteiger partial charge >= 0.3 is 0 Å². The minimum Gasteiger partial charge on any atom is -0.487 e. The summed E-state index contributed by atoms with van der Waals surface area (Å²) in [5.41, 5.74) is 4.63. The Kier molecular flexibility index (Phi) is 5.67. The molecule has 146 valence electrons. The second-order valence-electron chi connectivity index (χ2n) is 7.58. The molecule has 0 saturated carbocycles. The molecule has 1 atom stereocenters. The molecule has 1 fully saturated rings. The van der Waals surface area contributed by atoms with Crippen molar-refractivity contribution in [3.63, 3.8) is 0 Å². The van der Waals surface area contributed by atoms with E-state index >= 15 is 0 Å². The van der Waals surface area contributed by atoms with E-state index in [0.717, 1.165) is 37.5 Å². The first kappa shape index (κ1) is 18.6. The van der Waals surface area contributed by atoms with Crippen LogP contribution >= 0.6 is 0 Å². The zero-order valence-corrected chi connectivity index (χ0v) is 16.6. The van der Waals surface area contributed by atoms with E-state index in [0.29, 0.717) is 12.6 Å². The Labute approximate surface area is 166 Å². The highest BCUT2D eigenvalue weighted by Gasteiger charge is 2.22. The van der Waals surface area contributed by atoms with Crippen molar-refractivity contribution in [2.75, 3.05) is 13.1 Å². The molecule has 1 aliphatic rings. The smallest absolute Gasteiger partial charge is 0.137 e. The van der Waals surface area contributed by atoms with Gasteiger partial charge in [-0.25, -0.2) is 9.67 Å². The van der Waals surface area contributed by atoms with E-state index in [4.69, 9.17) is 4.74 Å². The molecule has 2 aromatic heterocycles. The highest BCUT2D eigenvalue weighted by atomic mass is 16.5. The molecular formula is C22H27N5O. The number of benzene rings is 1. The number of nitrogens with zero attached hydrogens (tertiary/aromatic N) is 5. The number of rotatable bonds is 6. The van der Waals surface area contributed by atoms with E-state index in [2.05, 4.69) is 45.9 Å². The number of aromatic nitrogens is 4. The summed E-state index contributed by atoms with van der Waals surface area (Å²) >= 11 is 0. The predicted molar refractivity (Wildman–Crippen MR) is 108 cm³/mol. The molecule has 28 heavy (non-hydrogen) atoms. The molecule has 1 aromatic carbocycles. The monoisotopic (exact) mass is 377 g/mol. The van der Waals surface area contributed by atoms with E-state index in [9.17, 15) is 0 Å². The van der Waals surface area contributed by atoms with Gasteiger partial charge in [0.2, 0.25) is 0 Å². The minimum atomic E-state index is 0.416. The van der Waals surface area contributed by atoms with Crippen molar-refractivity contribution in [1.29, 1.82) is 0 Å². The third-order valence-electron chi connectivity index (χ3n) is 5.31. The van der Waals surface area contributed by atoms with Crippen LogP contribution in [0.3, 0.4) is 0 Å². The molecular weight excluding hydrogens is 350 g/mol. The van der Waals surface area contributed by atoms with Crippen molar-refractivity contribution in [2.24, 2.45) is 0 Å². The third-order valence-corrected chi connectivity index (χ3v) is 5.31. The van der Waals surface area contributed by atoms with Gasteiger partial charge < -0.3 is 4.74 Å². The molecule has 0 bridgehead atoms. The van der Waals surface area contributed by atoms with Crippen molar-refractivity contribution in [2.45, 2.75) is 45.9 Å². The molecule has 1 unspecified atom stereocenters. The van der Waals surface area contributed by atoms with Crippen LogP contribution in [0.2, 0.25) is 0 Å². The molecule has 4 rings (SSSR count). The SMILES string of the molecule is Cc1cc(CN2CCCC(n3cncn3)C2)cc(C)c1OCc1ccccn1. The van der Waals surface area contributed by atoms with Crippen LogP contribution in [0.25, 0.3) is 0 Å². The predicted octanol–water partition coefficient (Wildman–Crippen LogP) is 3.71. The lowest BCUT2D eigenvalue weighted by Crippen LogP contribution is -2.36. The summed E-state index contributed by atoms with van der Waals surface area (Å²) in [7, 11) is 0. The van der Waals surface area contributed by atoms with Gasteiger partial charge in [-0.05, 0) is 62.1 Å². The molecule has 0 amide bonds. The Bertz CT molecular complexity index is 872. The highest BCUT2D eigenvalue weighted by molar-refractivity contribution is 5.43. The zero-order chi connectivity index (χ0) is 19.3. The number of likely N-dealkylation sites (tertiary alicyclic amines) is 1. The van der Waals surface area contributed by atoms with Crippen molar-refractivity contribution >= 4 is 0 Å². The normalized spacial score (nSPS) is 17.6. The first-order valence-electron chi connectivity index (χ1n) is 9.88. The van der Waals surface area contributed by atoms with Gasteiger partial charge in [0, 0.05) is 19.3 Å². The number of piperidine rings is 1. The van der Waals surface area contributed by atoms with E-state index in [1.807, 2.05) is 29.2 Å². The molecule has 6 nitrogen and oxygen atoms in total. The average Bonchev–Trinajstić information content (AvgIpc) is 3.23. The molecule has 3 aromatic rings. The van der Waals surface area contributed by atoms with Gasteiger partial charge in [-0.2, -0.15) is 5.10 Å². The van der Waals surface area contributed by atoms with Crippen molar-refractivity contribution < 1.29 is 4.74 Å². The average molecular weight is 377 g/mol. The first-order valence-corrected chi connectivity index (χ1v) is 9.88. The van der Waals surface area contributed by atoms with Crippen LogP contribution in [0.4, 0.5) is 0 Å². The lowest BCUT2D eigenvalue weighted by molar-refractivity contribution is 0.163. The summed E-state index contributed by atoms with van der Waals surface area (Å²) in [5, 5.41) is 4.32. The Morgan fingerprint density at radius 2 is 2.04 bits per heavy atom. The maximum absolute atomic E-state index is 6.07. The fourth-order valence-corrected chi connectivity index (χ4v) is 4.04. The van der Waals surface area contributed by atoms with E-state index < -0.39 is 0 Å². The largest absolute Gasteiger partial charge is 0.487 e. The van der Waals surface area contributed by atoms with Crippen LogP contribution < -0.4 is 4.74 Å². The molecule has 1 saturated heterocycles. The molecule has 3 heterocycles. The van der Waals surface area contributed by atoms with Crippen LogP contribution in [0.1, 0.15) is 41.3 Å². The maximum atomic E-state index is 6.07. The Hall–Kier alpha value is -2.73. The second kappa shape index (κ2) is 8.52. The van der Waals surface area contributed by atoms with Gasteiger partial charge in [-0.1, -0.05) is 18.2 Å². The molecule has 6 heteroatoms. The van der Waals surface area contributed by atoms with Gasteiger partial charge in [-0.3, -0.25) is 9.88 Å². The van der Waals surface area contributed by atoms with Gasteiger partial charge in [0.1, 0.15) is 25.0 Å². The van der Waals surface area contributed by atoms with Gasteiger partial charge in [0.05, 0.1) is 11.7 Å². The van der Waals surface area contributed by atoms with Crippen LogP contribution in [-0.4, -0.2) is 37.7 Å². The lowest BCUT2D eigenvalue weighted by atomic mass is 10.0. The van der Waals surface area contributed by atoms with Crippen LogP contribution in [0, 0.1) is 13.8 Å². The molecule has 1 aliphatic heterocycles. The van der Waals surface area contributed by atoms with E-state index in [1.165, 1.54) is 23.1 Å². The molecule has 0 aliphatic carbocycles. The lowest BCUT2D eigenvalue weighted by Gasteiger charge is -2.32. The maximum Gasteiger partial charge on any atom is 0.137 e. The molecule has 0 radical (unpaired) electrons.